The lowest BCUT2D eigenvalue weighted by molar-refractivity contribution is -0.142. The van der Waals surface area contributed by atoms with E-state index in [9.17, 15) is 18.0 Å². The van der Waals surface area contributed by atoms with Gasteiger partial charge in [0.15, 0.2) is 0 Å². The molecule has 1 aromatic carbocycles. The summed E-state index contributed by atoms with van der Waals surface area (Å²) in [4.78, 5) is 11.9. The number of nitrogens with one attached hydrogen (secondary N) is 2. The molecule has 0 saturated heterocycles. The van der Waals surface area contributed by atoms with Gasteiger partial charge in [0.2, 0.25) is 0 Å². The van der Waals surface area contributed by atoms with Crippen molar-refractivity contribution in [2.24, 2.45) is 7.05 Å². The lowest BCUT2D eigenvalue weighted by Crippen LogP contribution is -2.17. The van der Waals surface area contributed by atoms with Gasteiger partial charge < -0.3 is 5.32 Å². The first-order valence-corrected chi connectivity index (χ1v) is 5.95. The van der Waals surface area contributed by atoms with Crippen LogP contribution in [0.1, 0.15) is 16.8 Å². The van der Waals surface area contributed by atoms with Gasteiger partial charge in [-0.1, -0.05) is 18.2 Å². The molecule has 20 heavy (non-hydrogen) atoms. The number of halogens is 3. The Hall–Kier alpha value is -2.18. The fourth-order valence-corrected chi connectivity index (χ4v) is 2.10. The topological polar surface area (TPSA) is 49.8 Å². The van der Waals surface area contributed by atoms with Gasteiger partial charge in [-0.3, -0.25) is 14.6 Å². The Balaban J connectivity index is 2.51. The van der Waals surface area contributed by atoms with Crippen LogP contribution >= 0.6 is 0 Å². The molecule has 0 saturated carbocycles. The molecular formula is C13H14F3N3O. The van der Waals surface area contributed by atoms with Crippen LogP contribution < -0.4 is 10.9 Å². The van der Waals surface area contributed by atoms with Crippen molar-refractivity contribution in [3.05, 3.63) is 51.4 Å². The fourth-order valence-electron chi connectivity index (χ4n) is 2.10. The molecule has 0 aliphatic heterocycles. The Kier molecular flexibility index (Phi) is 3.61. The second kappa shape index (κ2) is 5.07. The van der Waals surface area contributed by atoms with Crippen LogP contribution in [0.4, 0.5) is 18.9 Å². The number of hydrogen-bond donors (Lipinski definition) is 2. The SMILES string of the molecule is CNc1ccccc1Cc1c(C(F)(F)F)[nH]n(C)c1=O. The number of nitrogens with zero attached hydrogens (tertiary/aromatic N) is 1. The van der Waals surface area contributed by atoms with Crippen LogP contribution in [0.5, 0.6) is 0 Å². The van der Waals surface area contributed by atoms with Crippen LogP contribution in [0.2, 0.25) is 0 Å². The van der Waals surface area contributed by atoms with E-state index < -0.39 is 17.4 Å². The van der Waals surface area contributed by atoms with Crippen LogP contribution in [0.25, 0.3) is 0 Å². The highest BCUT2D eigenvalue weighted by molar-refractivity contribution is 5.52. The zero-order chi connectivity index (χ0) is 14.9. The van der Waals surface area contributed by atoms with E-state index in [1.807, 2.05) is 0 Å². The molecule has 0 spiro atoms. The van der Waals surface area contributed by atoms with E-state index in [0.29, 0.717) is 11.3 Å². The van der Waals surface area contributed by atoms with Crippen molar-refractivity contribution >= 4 is 5.69 Å². The molecular weight excluding hydrogens is 271 g/mol. The number of hydrogen-bond acceptors (Lipinski definition) is 2. The van der Waals surface area contributed by atoms with Gasteiger partial charge in [0, 0.05) is 26.2 Å². The van der Waals surface area contributed by atoms with E-state index in [4.69, 9.17) is 0 Å². The van der Waals surface area contributed by atoms with E-state index in [1.54, 1.807) is 31.3 Å². The minimum atomic E-state index is -4.58. The van der Waals surface area contributed by atoms with E-state index in [-0.39, 0.29) is 12.0 Å². The average molecular weight is 285 g/mol. The number of aromatic nitrogens is 2. The van der Waals surface area contributed by atoms with Crippen molar-refractivity contribution in [1.29, 1.82) is 0 Å². The first kappa shape index (κ1) is 14.2. The minimum Gasteiger partial charge on any atom is -0.388 e. The molecule has 0 amide bonds. The zero-order valence-corrected chi connectivity index (χ0v) is 11.0. The van der Waals surface area contributed by atoms with Crippen LogP contribution in [0.3, 0.4) is 0 Å². The summed E-state index contributed by atoms with van der Waals surface area (Å²) in [6.07, 6.45) is -4.66. The molecule has 2 rings (SSSR count). The number of aryl methyl sites for hydroxylation is 1. The van der Waals surface area contributed by atoms with Gasteiger partial charge in [0.1, 0.15) is 5.69 Å². The van der Waals surface area contributed by atoms with Gasteiger partial charge in [-0.05, 0) is 11.6 Å². The van der Waals surface area contributed by atoms with Gasteiger partial charge in [0.05, 0.1) is 5.56 Å². The highest BCUT2D eigenvalue weighted by Gasteiger charge is 2.37. The van der Waals surface area contributed by atoms with Crippen LogP contribution in [-0.4, -0.2) is 16.8 Å². The van der Waals surface area contributed by atoms with Crippen molar-refractivity contribution in [2.75, 3.05) is 12.4 Å². The number of anilines is 1. The summed E-state index contributed by atoms with van der Waals surface area (Å²) < 4.78 is 39.6. The molecule has 0 aliphatic rings. The molecule has 7 heteroatoms. The maximum atomic E-state index is 12.9. The Morgan fingerprint density at radius 1 is 1.30 bits per heavy atom. The molecule has 4 nitrogen and oxygen atoms in total. The molecule has 0 bridgehead atoms. The lowest BCUT2D eigenvalue weighted by atomic mass is 10.0. The summed E-state index contributed by atoms with van der Waals surface area (Å²) in [6, 6.07) is 6.94. The summed E-state index contributed by atoms with van der Waals surface area (Å²) >= 11 is 0. The van der Waals surface area contributed by atoms with E-state index in [1.165, 1.54) is 7.05 Å². The quantitative estimate of drug-likeness (QED) is 0.909. The van der Waals surface area contributed by atoms with E-state index in [2.05, 4.69) is 10.4 Å². The number of aromatic amines is 1. The van der Waals surface area contributed by atoms with Gasteiger partial charge >= 0.3 is 6.18 Å². The maximum Gasteiger partial charge on any atom is 0.433 e. The van der Waals surface area contributed by atoms with Crippen LogP contribution in [0, 0.1) is 0 Å². The fraction of sp³-hybridized carbons (Fsp3) is 0.308. The highest BCUT2D eigenvalue weighted by Crippen LogP contribution is 2.30. The predicted molar refractivity (Wildman–Crippen MR) is 69.8 cm³/mol. The first-order chi connectivity index (χ1) is 9.34. The molecule has 0 aliphatic carbocycles. The third-order valence-electron chi connectivity index (χ3n) is 3.08. The Morgan fingerprint density at radius 2 is 1.95 bits per heavy atom. The number of alkyl halides is 3. The number of benzene rings is 1. The molecule has 2 N–H and O–H groups in total. The normalized spacial score (nSPS) is 11.7. The molecule has 0 fully saturated rings. The molecule has 1 aromatic heterocycles. The summed E-state index contributed by atoms with van der Waals surface area (Å²) in [5.74, 6) is 0. The minimum absolute atomic E-state index is 0.0813. The van der Waals surface area contributed by atoms with Crippen molar-refractivity contribution in [1.82, 2.24) is 9.78 Å². The van der Waals surface area contributed by atoms with Crippen molar-refractivity contribution in [3.63, 3.8) is 0 Å². The smallest absolute Gasteiger partial charge is 0.388 e. The second-order valence-corrected chi connectivity index (χ2v) is 4.41. The standard InChI is InChI=1S/C13H14F3N3O/c1-17-10-6-4-3-5-8(10)7-9-11(13(14,15)16)18-19(2)12(9)20/h3-6,17-18H,7H2,1-2H3. The summed E-state index contributed by atoms with van der Waals surface area (Å²) in [6.45, 7) is 0. The van der Waals surface area contributed by atoms with E-state index in [0.717, 1.165) is 4.68 Å². The monoisotopic (exact) mass is 285 g/mol. The maximum absolute atomic E-state index is 12.9. The van der Waals surface area contributed by atoms with Crippen molar-refractivity contribution in [2.45, 2.75) is 12.6 Å². The number of para-hydroxylation sites is 1. The van der Waals surface area contributed by atoms with Crippen LogP contribution in [-0.2, 0) is 19.6 Å². The van der Waals surface area contributed by atoms with Crippen molar-refractivity contribution < 1.29 is 13.2 Å². The molecule has 108 valence electrons. The third kappa shape index (κ3) is 2.56. The summed E-state index contributed by atoms with van der Waals surface area (Å²) in [5.41, 5.74) is -0.595. The van der Waals surface area contributed by atoms with Gasteiger partial charge in [0.25, 0.3) is 5.56 Å². The average Bonchev–Trinajstić information content (AvgIpc) is 2.67. The first-order valence-electron chi connectivity index (χ1n) is 5.95. The van der Waals surface area contributed by atoms with E-state index >= 15 is 0 Å². The number of rotatable bonds is 3. The second-order valence-electron chi connectivity index (χ2n) is 4.41. The molecule has 0 unspecified atom stereocenters. The van der Waals surface area contributed by atoms with Gasteiger partial charge in [-0.25, -0.2) is 0 Å². The molecule has 0 radical (unpaired) electrons. The molecule has 2 aromatic rings. The van der Waals surface area contributed by atoms with Crippen molar-refractivity contribution in [3.8, 4) is 0 Å². The molecule has 0 atom stereocenters. The Bertz CT molecular complexity index is 670. The zero-order valence-electron chi connectivity index (χ0n) is 11.0. The summed E-state index contributed by atoms with van der Waals surface area (Å²) in [5, 5.41) is 4.97. The Morgan fingerprint density at radius 3 is 2.55 bits per heavy atom. The van der Waals surface area contributed by atoms with Gasteiger partial charge in [-0.15, -0.1) is 0 Å². The lowest BCUT2D eigenvalue weighted by Gasteiger charge is -2.10. The predicted octanol–water partition coefficient (Wildman–Crippen LogP) is 2.36. The van der Waals surface area contributed by atoms with Gasteiger partial charge in [-0.2, -0.15) is 13.2 Å². The largest absolute Gasteiger partial charge is 0.433 e. The van der Waals surface area contributed by atoms with Crippen LogP contribution in [0.15, 0.2) is 29.1 Å². The summed E-state index contributed by atoms with van der Waals surface area (Å²) in [7, 11) is 2.95. The molecule has 1 heterocycles. The highest BCUT2D eigenvalue weighted by atomic mass is 19.4. The third-order valence-corrected chi connectivity index (χ3v) is 3.08. The Labute approximate surface area is 113 Å². The number of H-pyrrole nitrogens is 1.